The summed E-state index contributed by atoms with van der Waals surface area (Å²) in [4.78, 5) is 17.2. The molecule has 0 unspecified atom stereocenters. The Morgan fingerprint density at radius 2 is 2.17 bits per heavy atom. The van der Waals surface area contributed by atoms with Gasteiger partial charge < -0.3 is 16.0 Å². The number of thioether (sulfide) groups is 1. The van der Waals surface area contributed by atoms with Gasteiger partial charge in [0.25, 0.3) is 5.91 Å². The Bertz CT molecular complexity index is 1280. The number of benzene rings is 1. The number of anilines is 3. The maximum atomic E-state index is 12.8. The molecule has 0 saturated heterocycles. The third-order valence-electron chi connectivity index (χ3n) is 5.02. The molecular formula is C19H21N9OS. The zero-order valence-electron chi connectivity index (χ0n) is 16.8. The zero-order chi connectivity index (χ0) is 20.8. The largest absolute Gasteiger partial charge is 0.385 e. The van der Waals surface area contributed by atoms with Crippen LogP contribution in [0.15, 0.2) is 24.4 Å². The molecule has 5 rings (SSSR count). The smallest absolute Gasteiger partial charge is 0.271 e. The summed E-state index contributed by atoms with van der Waals surface area (Å²) >= 11 is 1.77. The van der Waals surface area contributed by atoms with Gasteiger partial charge in [0.1, 0.15) is 5.52 Å². The van der Waals surface area contributed by atoms with E-state index >= 15 is 0 Å². The minimum absolute atomic E-state index is 0.00244. The number of aromatic nitrogens is 6. The second-order valence-electron chi connectivity index (χ2n) is 7.31. The summed E-state index contributed by atoms with van der Waals surface area (Å²) in [7, 11) is 3.69. The van der Waals surface area contributed by atoms with Gasteiger partial charge in [0.2, 0.25) is 0 Å². The fourth-order valence-electron chi connectivity index (χ4n) is 3.57. The van der Waals surface area contributed by atoms with Crippen LogP contribution in [-0.2, 0) is 12.8 Å². The highest BCUT2D eigenvalue weighted by Gasteiger charge is 2.20. The maximum Gasteiger partial charge on any atom is 0.271 e. The summed E-state index contributed by atoms with van der Waals surface area (Å²) in [6, 6.07) is 6.05. The molecule has 3 N–H and O–H groups in total. The van der Waals surface area contributed by atoms with Crippen LogP contribution < -0.4 is 16.0 Å². The van der Waals surface area contributed by atoms with Gasteiger partial charge in [-0.2, -0.15) is 11.8 Å². The lowest BCUT2D eigenvalue weighted by Gasteiger charge is -2.16. The number of nitrogens with one attached hydrogen (secondary N) is 3. The van der Waals surface area contributed by atoms with Gasteiger partial charge in [-0.3, -0.25) is 4.79 Å². The first-order valence-electron chi connectivity index (χ1n) is 9.58. The fraction of sp³-hybridized carbons (Fsp3) is 0.316. The van der Waals surface area contributed by atoms with E-state index in [1.54, 1.807) is 27.2 Å². The molecule has 3 aromatic heterocycles. The van der Waals surface area contributed by atoms with Crippen molar-refractivity contribution in [3.8, 4) is 0 Å². The lowest BCUT2D eigenvalue weighted by atomic mass is 10.2. The second-order valence-corrected chi connectivity index (χ2v) is 8.34. The number of imidazole rings is 1. The highest BCUT2D eigenvalue weighted by atomic mass is 32.2. The van der Waals surface area contributed by atoms with Crippen LogP contribution in [0, 0.1) is 0 Å². The van der Waals surface area contributed by atoms with Gasteiger partial charge in [-0.15, -0.1) is 10.2 Å². The Balaban J connectivity index is 1.72. The van der Waals surface area contributed by atoms with Crippen molar-refractivity contribution in [1.82, 2.24) is 34.9 Å². The van der Waals surface area contributed by atoms with Crippen molar-refractivity contribution in [2.24, 2.45) is 7.05 Å². The van der Waals surface area contributed by atoms with Crippen LogP contribution >= 0.6 is 11.8 Å². The van der Waals surface area contributed by atoms with Gasteiger partial charge in [-0.1, -0.05) is 5.21 Å². The van der Waals surface area contributed by atoms with Crippen LogP contribution in [-0.4, -0.2) is 54.3 Å². The molecule has 1 aliphatic rings. The van der Waals surface area contributed by atoms with Crippen molar-refractivity contribution in [3.63, 3.8) is 0 Å². The minimum Gasteiger partial charge on any atom is -0.385 e. The minimum atomic E-state index is -0.200. The topological polar surface area (TPSA) is 114 Å². The van der Waals surface area contributed by atoms with E-state index in [0.29, 0.717) is 17.2 Å². The van der Waals surface area contributed by atoms with Gasteiger partial charge in [-0.05, 0) is 24.6 Å². The van der Waals surface area contributed by atoms with E-state index in [1.165, 1.54) is 0 Å². The Kier molecular flexibility index (Phi) is 4.46. The summed E-state index contributed by atoms with van der Waals surface area (Å²) in [5.41, 5.74) is 5.41. The average Bonchev–Trinajstić information content (AvgIpc) is 3.31. The lowest BCUT2D eigenvalue weighted by molar-refractivity contribution is 0.0936. The number of hydrogen-bond donors (Lipinski definition) is 3. The van der Waals surface area contributed by atoms with E-state index in [9.17, 15) is 4.79 Å². The van der Waals surface area contributed by atoms with Gasteiger partial charge in [0, 0.05) is 37.7 Å². The molecule has 0 fully saturated rings. The molecule has 10 nitrogen and oxygen atoms in total. The first-order chi connectivity index (χ1) is 14.5. The van der Waals surface area contributed by atoms with Crippen LogP contribution in [0.25, 0.3) is 16.7 Å². The number of hydrogen-bond acceptors (Lipinski definition) is 8. The fourth-order valence-corrected chi connectivity index (χ4v) is 4.52. The predicted molar refractivity (Wildman–Crippen MR) is 117 cm³/mol. The van der Waals surface area contributed by atoms with E-state index in [-0.39, 0.29) is 11.9 Å². The van der Waals surface area contributed by atoms with E-state index in [0.717, 1.165) is 39.5 Å². The van der Waals surface area contributed by atoms with Crippen molar-refractivity contribution in [2.75, 3.05) is 23.4 Å². The van der Waals surface area contributed by atoms with Crippen molar-refractivity contribution in [1.29, 1.82) is 0 Å². The Labute approximate surface area is 176 Å². The molecule has 1 aliphatic heterocycles. The highest BCUT2D eigenvalue weighted by Crippen LogP contribution is 2.29. The van der Waals surface area contributed by atoms with Crippen LogP contribution in [0.4, 0.5) is 17.2 Å². The van der Waals surface area contributed by atoms with Gasteiger partial charge in [-0.25, -0.2) is 14.2 Å². The maximum absolute atomic E-state index is 12.8. The summed E-state index contributed by atoms with van der Waals surface area (Å²) in [6.45, 7) is 2.00. The molecule has 4 heterocycles. The van der Waals surface area contributed by atoms with Gasteiger partial charge in [0.15, 0.2) is 17.2 Å². The van der Waals surface area contributed by atoms with Gasteiger partial charge in [0.05, 0.1) is 23.1 Å². The Hall–Kier alpha value is -3.34. The second kappa shape index (κ2) is 7.17. The first-order valence-corrected chi connectivity index (χ1v) is 10.7. The number of rotatable bonds is 1. The standard InChI is InChI=1S/C19H21N9OS/c1-10-8-30-9-11-4-12(17-14(5-11)27(3)26-24-17)23-16-6-13(20-2)18-21-7-15(19(29)22-10)28(18)25-16/h4-7,10,20H,8-9H2,1-3H3,(H,22,29)(H,23,25)/t10-/m1/s1. The van der Waals surface area contributed by atoms with Crippen molar-refractivity contribution in [2.45, 2.75) is 18.7 Å². The molecule has 154 valence electrons. The lowest BCUT2D eigenvalue weighted by Crippen LogP contribution is -2.35. The molecule has 4 bridgehead atoms. The molecule has 1 amide bonds. The summed E-state index contributed by atoms with van der Waals surface area (Å²) in [5, 5.41) is 22.7. The molecule has 30 heavy (non-hydrogen) atoms. The average molecular weight is 424 g/mol. The zero-order valence-corrected chi connectivity index (χ0v) is 17.6. The predicted octanol–water partition coefficient (Wildman–Crippen LogP) is 2.16. The Morgan fingerprint density at radius 3 is 3.00 bits per heavy atom. The molecule has 0 saturated carbocycles. The first kappa shape index (κ1) is 18.7. The summed E-state index contributed by atoms with van der Waals surface area (Å²) in [6.07, 6.45) is 1.55. The monoisotopic (exact) mass is 423 g/mol. The van der Waals surface area contributed by atoms with Crippen LogP contribution in [0.1, 0.15) is 23.0 Å². The molecule has 1 aromatic carbocycles. The molecule has 0 spiro atoms. The SMILES string of the molecule is CNc1cc2nn3c(cnc13)C(=O)N[C@H](C)CSCc1cc(c3nnn(C)c3c1)N2. The number of carbonyl (C=O) groups excluding carboxylic acids is 1. The van der Waals surface area contributed by atoms with E-state index in [1.807, 2.05) is 27.1 Å². The van der Waals surface area contributed by atoms with Crippen molar-refractivity contribution >= 4 is 51.5 Å². The highest BCUT2D eigenvalue weighted by molar-refractivity contribution is 7.98. The molecule has 0 aliphatic carbocycles. The third-order valence-corrected chi connectivity index (χ3v) is 6.30. The van der Waals surface area contributed by atoms with Crippen molar-refractivity contribution < 1.29 is 4.79 Å². The normalized spacial score (nSPS) is 17.0. The molecule has 1 atom stereocenters. The third kappa shape index (κ3) is 3.11. The summed E-state index contributed by atoms with van der Waals surface area (Å²) < 4.78 is 3.33. The molecule has 11 heteroatoms. The van der Waals surface area contributed by atoms with E-state index in [2.05, 4.69) is 48.5 Å². The number of amides is 1. The molecule has 4 aromatic rings. The quantitative estimate of drug-likeness (QED) is 0.427. The van der Waals surface area contributed by atoms with E-state index in [4.69, 9.17) is 0 Å². The summed E-state index contributed by atoms with van der Waals surface area (Å²) in [5.74, 6) is 1.96. The molecule has 0 radical (unpaired) electrons. The van der Waals surface area contributed by atoms with E-state index < -0.39 is 0 Å². The number of carbonyl (C=O) groups is 1. The number of nitrogens with zero attached hydrogens (tertiary/aromatic N) is 6. The van der Waals surface area contributed by atoms with Crippen molar-refractivity contribution in [3.05, 3.63) is 35.7 Å². The number of fused-ring (bicyclic) bond motifs is 5. The Morgan fingerprint density at radius 1 is 1.30 bits per heavy atom. The number of aryl methyl sites for hydroxylation is 1. The van der Waals surface area contributed by atoms with Crippen LogP contribution in [0.5, 0.6) is 0 Å². The molecular weight excluding hydrogens is 402 g/mol. The van der Waals surface area contributed by atoms with Crippen LogP contribution in [0.3, 0.4) is 0 Å². The van der Waals surface area contributed by atoms with Gasteiger partial charge >= 0.3 is 0 Å². The van der Waals surface area contributed by atoms with Crippen LogP contribution in [0.2, 0.25) is 0 Å².